The number of amides is 2. The number of nitrogens with zero attached hydrogens (tertiary/aromatic N) is 2. The van der Waals surface area contributed by atoms with Gasteiger partial charge in [-0.05, 0) is 33.6 Å². The van der Waals surface area contributed by atoms with E-state index in [9.17, 15) is 9.90 Å². The molecule has 1 aliphatic heterocycles. The first-order chi connectivity index (χ1) is 9.73. The van der Waals surface area contributed by atoms with E-state index < -0.39 is 5.60 Å². The van der Waals surface area contributed by atoms with Crippen molar-refractivity contribution in [1.29, 1.82) is 0 Å². The third-order valence-electron chi connectivity index (χ3n) is 4.65. The van der Waals surface area contributed by atoms with E-state index in [0.29, 0.717) is 6.54 Å². The molecule has 21 heavy (non-hydrogen) atoms. The molecule has 1 heterocycles. The molecule has 1 unspecified atom stereocenters. The fourth-order valence-corrected chi connectivity index (χ4v) is 3.13. The van der Waals surface area contributed by atoms with Gasteiger partial charge in [0.05, 0.1) is 12.1 Å². The number of β-amino-alcohol motifs (C(OH)–C–C–N with tert-alkyl or cyclic N) is 1. The molecule has 0 radical (unpaired) electrons. The van der Waals surface area contributed by atoms with Gasteiger partial charge in [-0.2, -0.15) is 0 Å². The maximum absolute atomic E-state index is 12.6. The second-order valence-electron chi connectivity index (χ2n) is 7.33. The summed E-state index contributed by atoms with van der Waals surface area (Å²) in [7, 11) is 0. The zero-order valence-electron chi connectivity index (χ0n) is 14.6. The van der Waals surface area contributed by atoms with Gasteiger partial charge in [-0.25, -0.2) is 4.79 Å². The van der Waals surface area contributed by atoms with Crippen LogP contribution >= 0.6 is 0 Å². The van der Waals surface area contributed by atoms with Gasteiger partial charge in [-0.1, -0.05) is 39.5 Å². The SMILES string of the molecule is CCCCCCC(C)(CC)N1CCN(CC(C)(C)O)C1=O. The monoisotopic (exact) mass is 298 g/mol. The molecule has 0 aromatic rings. The lowest BCUT2D eigenvalue weighted by molar-refractivity contribution is 0.0488. The summed E-state index contributed by atoms with van der Waals surface area (Å²) in [6.07, 6.45) is 7.02. The van der Waals surface area contributed by atoms with Crippen molar-refractivity contribution in [3.05, 3.63) is 0 Å². The largest absolute Gasteiger partial charge is 0.389 e. The van der Waals surface area contributed by atoms with Crippen molar-refractivity contribution < 1.29 is 9.90 Å². The third kappa shape index (κ3) is 5.17. The van der Waals surface area contributed by atoms with E-state index in [-0.39, 0.29) is 11.6 Å². The van der Waals surface area contributed by atoms with Crippen molar-refractivity contribution >= 4 is 6.03 Å². The highest BCUT2D eigenvalue weighted by Crippen LogP contribution is 2.30. The van der Waals surface area contributed by atoms with Crippen molar-refractivity contribution in [1.82, 2.24) is 9.80 Å². The van der Waals surface area contributed by atoms with Crippen LogP contribution in [0.4, 0.5) is 4.79 Å². The molecule has 1 rings (SSSR count). The Labute approximate surface area is 130 Å². The molecule has 4 nitrogen and oxygen atoms in total. The maximum Gasteiger partial charge on any atom is 0.320 e. The number of rotatable bonds is 9. The first-order valence-corrected chi connectivity index (χ1v) is 8.52. The quantitative estimate of drug-likeness (QED) is 0.661. The molecular formula is C17H34N2O2. The third-order valence-corrected chi connectivity index (χ3v) is 4.65. The molecular weight excluding hydrogens is 264 g/mol. The fourth-order valence-electron chi connectivity index (χ4n) is 3.13. The van der Waals surface area contributed by atoms with Crippen molar-refractivity contribution in [3.63, 3.8) is 0 Å². The Morgan fingerprint density at radius 1 is 1.10 bits per heavy atom. The topological polar surface area (TPSA) is 43.8 Å². The van der Waals surface area contributed by atoms with E-state index in [2.05, 4.69) is 20.8 Å². The standard InChI is InChI=1S/C17H34N2O2/c1-6-8-9-10-11-17(5,7-2)19-13-12-18(15(19)20)14-16(3,4)21/h21H,6-14H2,1-5H3. The maximum atomic E-state index is 12.6. The minimum atomic E-state index is -0.824. The van der Waals surface area contributed by atoms with Crippen LogP contribution in [0.25, 0.3) is 0 Å². The van der Waals surface area contributed by atoms with Gasteiger partial charge in [0.2, 0.25) is 0 Å². The van der Waals surface area contributed by atoms with E-state index in [1.165, 1.54) is 25.7 Å². The van der Waals surface area contributed by atoms with E-state index in [0.717, 1.165) is 25.9 Å². The lowest BCUT2D eigenvalue weighted by atomic mass is 9.89. The molecule has 1 fully saturated rings. The van der Waals surface area contributed by atoms with Crippen LogP contribution in [0.15, 0.2) is 0 Å². The van der Waals surface area contributed by atoms with Crippen LogP contribution < -0.4 is 0 Å². The highest BCUT2D eigenvalue weighted by atomic mass is 16.3. The number of urea groups is 1. The summed E-state index contributed by atoms with van der Waals surface area (Å²) in [5.41, 5.74) is -0.866. The molecule has 2 amide bonds. The minimum absolute atomic E-state index is 0.0425. The van der Waals surface area contributed by atoms with Gasteiger partial charge in [0.25, 0.3) is 0 Å². The molecule has 0 saturated carbocycles. The van der Waals surface area contributed by atoms with Crippen LogP contribution in [0.2, 0.25) is 0 Å². The summed E-state index contributed by atoms with van der Waals surface area (Å²) in [5.74, 6) is 0. The van der Waals surface area contributed by atoms with Gasteiger partial charge in [-0.3, -0.25) is 0 Å². The lowest BCUT2D eigenvalue weighted by Gasteiger charge is -2.38. The van der Waals surface area contributed by atoms with Crippen molar-refractivity contribution in [2.24, 2.45) is 0 Å². The van der Waals surface area contributed by atoms with E-state index in [1.54, 1.807) is 18.7 Å². The predicted molar refractivity (Wildman–Crippen MR) is 87.4 cm³/mol. The summed E-state index contributed by atoms with van der Waals surface area (Å²) < 4.78 is 0. The fraction of sp³-hybridized carbons (Fsp3) is 0.941. The highest BCUT2D eigenvalue weighted by molar-refractivity contribution is 5.77. The Morgan fingerprint density at radius 3 is 2.29 bits per heavy atom. The molecule has 1 atom stereocenters. The van der Waals surface area contributed by atoms with Crippen LogP contribution in [0, 0.1) is 0 Å². The van der Waals surface area contributed by atoms with Crippen LogP contribution in [0.3, 0.4) is 0 Å². The second kappa shape index (κ2) is 7.48. The summed E-state index contributed by atoms with van der Waals surface area (Å²) in [5, 5.41) is 9.93. The molecule has 1 saturated heterocycles. The molecule has 0 spiro atoms. The lowest BCUT2D eigenvalue weighted by Crippen LogP contribution is -2.49. The van der Waals surface area contributed by atoms with Gasteiger partial charge in [0.1, 0.15) is 0 Å². The zero-order valence-corrected chi connectivity index (χ0v) is 14.6. The van der Waals surface area contributed by atoms with Gasteiger partial charge in [0, 0.05) is 18.6 Å². The molecule has 0 aliphatic carbocycles. The van der Waals surface area contributed by atoms with Crippen LogP contribution in [0.1, 0.15) is 73.1 Å². The Balaban J connectivity index is 2.63. The normalized spacial score (nSPS) is 19.2. The van der Waals surface area contributed by atoms with Gasteiger partial charge in [-0.15, -0.1) is 0 Å². The molecule has 0 bridgehead atoms. The minimum Gasteiger partial charge on any atom is -0.389 e. The Kier molecular flexibility index (Phi) is 6.51. The average molecular weight is 298 g/mol. The summed E-state index contributed by atoms with van der Waals surface area (Å²) in [6.45, 7) is 12.0. The van der Waals surface area contributed by atoms with Gasteiger partial charge in [0.15, 0.2) is 0 Å². The van der Waals surface area contributed by atoms with E-state index >= 15 is 0 Å². The number of carbonyl (C=O) groups is 1. The van der Waals surface area contributed by atoms with Crippen LogP contribution in [-0.2, 0) is 0 Å². The number of hydrogen-bond acceptors (Lipinski definition) is 2. The number of aliphatic hydroxyl groups is 1. The average Bonchev–Trinajstić information content (AvgIpc) is 2.75. The first kappa shape index (κ1) is 18.3. The summed E-state index contributed by atoms with van der Waals surface area (Å²) in [6, 6.07) is 0.0944. The Morgan fingerprint density at radius 2 is 1.76 bits per heavy atom. The molecule has 1 N–H and O–H groups in total. The summed E-state index contributed by atoms with van der Waals surface area (Å²) in [4.78, 5) is 16.4. The molecule has 1 aliphatic rings. The zero-order chi connectivity index (χ0) is 16.1. The van der Waals surface area contributed by atoms with Crippen molar-refractivity contribution in [2.75, 3.05) is 19.6 Å². The molecule has 4 heteroatoms. The number of carbonyl (C=O) groups excluding carboxylic acids is 1. The van der Waals surface area contributed by atoms with Gasteiger partial charge >= 0.3 is 6.03 Å². The molecule has 124 valence electrons. The smallest absolute Gasteiger partial charge is 0.320 e. The van der Waals surface area contributed by atoms with Crippen LogP contribution in [0.5, 0.6) is 0 Å². The summed E-state index contributed by atoms with van der Waals surface area (Å²) >= 11 is 0. The van der Waals surface area contributed by atoms with Crippen molar-refractivity contribution in [2.45, 2.75) is 84.3 Å². The highest BCUT2D eigenvalue weighted by Gasteiger charge is 2.40. The van der Waals surface area contributed by atoms with Crippen molar-refractivity contribution in [3.8, 4) is 0 Å². The molecule has 0 aromatic carbocycles. The van der Waals surface area contributed by atoms with E-state index in [4.69, 9.17) is 0 Å². The predicted octanol–water partition coefficient (Wildman–Crippen LogP) is 3.63. The van der Waals surface area contributed by atoms with Crippen LogP contribution in [-0.4, -0.2) is 51.7 Å². The first-order valence-electron chi connectivity index (χ1n) is 8.52. The Hall–Kier alpha value is -0.770. The second-order valence-corrected chi connectivity index (χ2v) is 7.33. The molecule has 0 aromatic heterocycles. The number of unbranched alkanes of at least 4 members (excludes halogenated alkanes) is 3. The number of hydrogen-bond donors (Lipinski definition) is 1. The van der Waals surface area contributed by atoms with E-state index in [1.807, 2.05) is 4.90 Å². The van der Waals surface area contributed by atoms with Gasteiger partial charge < -0.3 is 14.9 Å². The Bertz CT molecular complexity index is 338.